The minimum absolute atomic E-state index is 0.142. The summed E-state index contributed by atoms with van der Waals surface area (Å²) in [5, 5.41) is 0. The predicted molar refractivity (Wildman–Crippen MR) is 170 cm³/mol. The third kappa shape index (κ3) is 10.6. The largest absolute Gasteiger partial charge is 0.748 e. The van der Waals surface area contributed by atoms with Crippen molar-refractivity contribution in [3.8, 4) is 17.2 Å². The minimum Gasteiger partial charge on any atom is -0.748 e. The van der Waals surface area contributed by atoms with Crippen LogP contribution in [0.4, 0.5) is 0 Å². The van der Waals surface area contributed by atoms with Gasteiger partial charge in [0.1, 0.15) is 17.2 Å². The molecule has 3 atom stereocenters. The van der Waals surface area contributed by atoms with Gasteiger partial charge in [-0.25, -0.2) is 8.42 Å². The van der Waals surface area contributed by atoms with E-state index >= 15 is 0 Å². The molecule has 45 heavy (non-hydrogen) atoms. The summed E-state index contributed by atoms with van der Waals surface area (Å²) in [4.78, 5) is 3.63. The summed E-state index contributed by atoms with van der Waals surface area (Å²) in [6.07, 6.45) is 6.76. The van der Waals surface area contributed by atoms with E-state index in [2.05, 4.69) is 36.4 Å². The smallest absolute Gasteiger partial charge is 0.199 e. The lowest BCUT2D eigenvalue weighted by Crippen LogP contribution is -2.14. The highest BCUT2D eigenvalue weighted by molar-refractivity contribution is 7.97. The van der Waals surface area contributed by atoms with Crippen molar-refractivity contribution < 1.29 is 41.4 Å². The van der Waals surface area contributed by atoms with Gasteiger partial charge in [0.2, 0.25) is 0 Å². The predicted octanol–water partition coefficient (Wildman–Crippen LogP) is 6.66. The maximum atomic E-state index is 9.83. The molecule has 3 aliphatic rings. The number of unbranched alkanes of at least 4 members (excludes halogenated alkanes) is 1. The van der Waals surface area contributed by atoms with Gasteiger partial charge < -0.3 is 33.0 Å². The van der Waals surface area contributed by atoms with Crippen LogP contribution in [0.25, 0.3) is 0 Å². The molecule has 3 saturated heterocycles. The Morgan fingerprint density at radius 2 is 0.978 bits per heavy atom. The maximum Gasteiger partial charge on any atom is 0.199 e. The Morgan fingerprint density at radius 3 is 1.20 bits per heavy atom. The zero-order chi connectivity index (χ0) is 31.5. The molecule has 0 N–H and O–H groups in total. The number of rotatable bonds is 12. The Balaban J connectivity index is 0.000000444. The quantitative estimate of drug-likeness (QED) is 0.156. The minimum atomic E-state index is -3.94. The Kier molecular flexibility index (Phi) is 12.4. The lowest BCUT2D eigenvalue weighted by molar-refractivity contribution is -0.0393. The van der Waals surface area contributed by atoms with Gasteiger partial charge in [-0.1, -0.05) is 13.3 Å². The molecule has 3 aromatic carbocycles. The van der Waals surface area contributed by atoms with Crippen LogP contribution >= 0.6 is 0 Å². The maximum absolute atomic E-state index is 9.83. The van der Waals surface area contributed by atoms with E-state index in [0.29, 0.717) is 6.42 Å². The number of ether oxygens (including phenoxy) is 6. The van der Waals surface area contributed by atoms with Crippen LogP contribution in [-0.2, 0) is 35.2 Å². The zero-order valence-corrected chi connectivity index (χ0v) is 27.3. The fraction of sp³-hybridized carbons (Fsp3) is 0.471. The lowest BCUT2D eigenvalue weighted by atomic mass is 10.3. The molecule has 0 amide bonds. The van der Waals surface area contributed by atoms with Crippen LogP contribution in [0.3, 0.4) is 0 Å². The van der Waals surface area contributed by atoms with Gasteiger partial charge in [-0.05, 0) is 98.5 Å². The topological polar surface area (TPSA) is 113 Å². The zero-order valence-electron chi connectivity index (χ0n) is 25.6. The Bertz CT molecular complexity index is 1250. The van der Waals surface area contributed by atoms with Crippen molar-refractivity contribution in [2.24, 2.45) is 0 Å². The van der Waals surface area contributed by atoms with Gasteiger partial charge >= 0.3 is 0 Å². The molecule has 6 rings (SSSR count). The van der Waals surface area contributed by atoms with Gasteiger partial charge in [-0.2, -0.15) is 0 Å². The third-order valence-corrected chi connectivity index (χ3v) is 10.4. The highest BCUT2D eigenvalue weighted by atomic mass is 32.2. The molecule has 3 fully saturated rings. The van der Waals surface area contributed by atoms with E-state index in [0.717, 1.165) is 82.0 Å². The second kappa shape index (κ2) is 16.7. The Hall–Kier alpha value is -2.80. The molecular formula is C34H42O9S2. The molecule has 0 saturated carbocycles. The number of hydrogen-bond donors (Lipinski definition) is 0. The molecule has 3 aromatic rings. The molecule has 0 aliphatic carbocycles. The molecular weight excluding hydrogens is 616 g/mol. The van der Waals surface area contributed by atoms with E-state index in [1.807, 2.05) is 43.3 Å². The van der Waals surface area contributed by atoms with Crippen LogP contribution in [0.1, 0.15) is 58.3 Å². The van der Waals surface area contributed by atoms with Crippen LogP contribution < -0.4 is 14.2 Å². The van der Waals surface area contributed by atoms with Gasteiger partial charge in [-0.15, -0.1) is 0 Å². The number of hydrogen-bond acceptors (Lipinski definition) is 9. The fourth-order valence-corrected chi connectivity index (χ4v) is 7.75. The highest BCUT2D eigenvalue weighted by Gasteiger charge is 2.30. The average molecular weight is 659 g/mol. The van der Waals surface area contributed by atoms with Crippen molar-refractivity contribution in [1.29, 1.82) is 0 Å². The molecule has 3 aliphatic heterocycles. The third-order valence-electron chi connectivity index (χ3n) is 7.39. The molecule has 0 bridgehead atoms. The molecule has 0 radical (unpaired) electrons. The summed E-state index contributed by atoms with van der Waals surface area (Å²) in [5.74, 6) is 2.28. The summed E-state index contributed by atoms with van der Waals surface area (Å²) in [6, 6.07) is 25.2. The summed E-state index contributed by atoms with van der Waals surface area (Å²) in [6.45, 7) is 4.15. The molecule has 244 valence electrons. The van der Waals surface area contributed by atoms with E-state index in [9.17, 15) is 13.0 Å². The summed E-state index contributed by atoms with van der Waals surface area (Å²) >= 11 is 0. The first-order chi connectivity index (χ1) is 21.9. The normalized spacial score (nSPS) is 22.0. The fourth-order valence-electron chi connectivity index (χ4n) is 5.07. The van der Waals surface area contributed by atoms with E-state index in [4.69, 9.17) is 28.4 Å². The van der Waals surface area contributed by atoms with Crippen molar-refractivity contribution in [2.45, 2.75) is 91.8 Å². The van der Waals surface area contributed by atoms with Crippen LogP contribution in [0.15, 0.2) is 87.5 Å². The molecule has 11 heteroatoms. The van der Waals surface area contributed by atoms with Gasteiger partial charge in [0.05, 0.1) is 40.8 Å². The van der Waals surface area contributed by atoms with Gasteiger partial charge in [0.15, 0.2) is 33.6 Å². The van der Waals surface area contributed by atoms with Crippen LogP contribution in [0, 0.1) is 0 Å². The van der Waals surface area contributed by atoms with Crippen LogP contribution in [0.2, 0.25) is 0 Å². The van der Waals surface area contributed by atoms with Crippen LogP contribution in [0.5, 0.6) is 17.2 Å². The van der Waals surface area contributed by atoms with Crippen molar-refractivity contribution in [3.63, 3.8) is 0 Å². The average Bonchev–Trinajstić information content (AvgIpc) is 3.85. The summed E-state index contributed by atoms with van der Waals surface area (Å²) < 4.78 is 64.4. The molecule has 3 heterocycles. The number of benzene rings is 3. The van der Waals surface area contributed by atoms with Crippen molar-refractivity contribution in [2.75, 3.05) is 25.6 Å². The molecule has 9 nitrogen and oxygen atoms in total. The second-order valence-corrected chi connectivity index (χ2v) is 14.6. The van der Waals surface area contributed by atoms with E-state index in [1.54, 1.807) is 0 Å². The first kappa shape index (κ1) is 33.6. The Labute approximate surface area is 269 Å². The first-order valence-corrected chi connectivity index (χ1v) is 18.5. The van der Waals surface area contributed by atoms with Crippen molar-refractivity contribution in [1.82, 2.24) is 0 Å². The van der Waals surface area contributed by atoms with E-state index in [-0.39, 0.29) is 35.5 Å². The molecule has 3 unspecified atom stereocenters. The summed E-state index contributed by atoms with van der Waals surface area (Å²) in [5.41, 5.74) is 0. The van der Waals surface area contributed by atoms with E-state index < -0.39 is 10.1 Å². The van der Waals surface area contributed by atoms with E-state index in [1.165, 1.54) is 14.7 Å². The highest BCUT2D eigenvalue weighted by Crippen LogP contribution is 2.35. The second-order valence-electron chi connectivity index (χ2n) is 11.0. The monoisotopic (exact) mass is 658 g/mol. The standard InChI is InChI=1S/C30H33O6S.C4H10O3S/c1-4-28(31-19-1)34-22-7-13-25(14-8-22)37(26-15-9-23(10-16-26)35-29-5-2-20-32-29)27-17-11-24(12-18-27)36-30-6-3-21-33-30;1-2-3-4-8(5,6)7/h7-18,28-30H,1-6,19-21H2;2-4H2,1H3,(H,5,6,7)/q+1;/p-1. The SMILES string of the molecule is CCCCS(=O)(=O)[O-].c1cc([S+](c2ccc(OC3CCCO3)cc2)c2ccc(OC3CCCO3)cc2)ccc1OC1CCCO1. The van der Waals surface area contributed by atoms with Crippen molar-refractivity contribution >= 4 is 21.0 Å². The van der Waals surface area contributed by atoms with Crippen LogP contribution in [-0.4, -0.2) is 57.4 Å². The molecule has 0 aromatic heterocycles. The van der Waals surface area contributed by atoms with Gasteiger partial charge in [0.25, 0.3) is 0 Å². The van der Waals surface area contributed by atoms with Gasteiger partial charge in [0, 0.05) is 25.0 Å². The Morgan fingerprint density at radius 1 is 0.644 bits per heavy atom. The lowest BCUT2D eigenvalue weighted by Gasteiger charge is -2.15. The first-order valence-electron chi connectivity index (χ1n) is 15.7. The van der Waals surface area contributed by atoms with Crippen molar-refractivity contribution in [3.05, 3.63) is 72.8 Å². The van der Waals surface area contributed by atoms with Gasteiger partial charge in [-0.3, -0.25) is 0 Å². The summed E-state index contributed by atoms with van der Waals surface area (Å²) in [7, 11) is -4.25. The molecule has 0 spiro atoms.